The second-order valence-corrected chi connectivity index (χ2v) is 15.0. The molecule has 4 heterocycles. The summed E-state index contributed by atoms with van der Waals surface area (Å²) in [6, 6.07) is 9.43. The van der Waals surface area contributed by atoms with Crippen LogP contribution in [0.15, 0.2) is 60.9 Å². The Labute approximate surface area is 320 Å². The zero-order valence-electron chi connectivity index (χ0n) is 30.6. The number of nitrogens with one attached hydrogen (secondary N) is 2. The van der Waals surface area contributed by atoms with Gasteiger partial charge in [0.25, 0.3) is 0 Å². The highest BCUT2D eigenvalue weighted by atomic mass is 19.2. The first-order valence-corrected chi connectivity index (χ1v) is 18.4. The van der Waals surface area contributed by atoms with Gasteiger partial charge in [-0.3, -0.25) is 9.59 Å². The maximum atomic E-state index is 14.2. The lowest BCUT2D eigenvalue weighted by atomic mass is 9.66. The van der Waals surface area contributed by atoms with Crippen LogP contribution in [0.2, 0.25) is 0 Å². The summed E-state index contributed by atoms with van der Waals surface area (Å²) in [5.41, 5.74) is 7.33. The second-order valence-electron chi connectivity index (χ2n) is 15.0. The van der Waals surface area contributed by atoms with Crippen LogP contribution in [0.3, 0.4) is 0 Å². The summed E-state index contributed by atoms with van der Waals surface area (Å²) in [5.74, 6) is -4.06. The summed E-state index contributed by atoms with van der Waals surface area (Å²) in [6.45, 7) is 3.26. The van der Waals surface area contributed by atoms with Gasteiger partial charge in [0.05, 0.1) is 0 Å². The second kappa shape index (κ2) is 17.3. The van der Waals surface area contributed by atoms with Gasteiger partial charge >= 0.3 is 6.03 Å². The summed E-state index contributed by atoms with van der Waals surface area (Å²) in [6.07, 6.45) is 7.28. The van der Waals surface area contributed by atoms with Crippen molar-refractivity contribution in [2.24, 2.45) is 16.6 Å². The van der Waals surface area contributed by atoms with Crippen molar-refractivity contribution < 1.29 is 40.7 Å². The molecular formula is C41H42F6N6O3. The van der Waals surface area contributed by atoms with Gasteiger partial charge in [0.15, 0.2) is 11.6 Å². The van der Waals surface area contributed by atoms with Gasteiger partial charge in [0, 0.05) is 74.7 Å². The van der Waals surface area contributed by atoms with Crippen molar-refractivity contribution in [2.75, 3.05) is 26.2 Å². The zero-order chi connectivity index (χ0) is 40.0. The normalized spacial score (nSPS) is 17.9. The lowest BCUT2D eigenvalue weighted by molar-refractivity contribution is 0.0728. The summed E-state index contributed by atoms with van der Waals surface area (Å²) in [4.78, 5) is 45.6. The molecule has 4 aliphatic rings. The number of fused-ring (bicyclic) bond motifs is 2. The number of pyridine rings is 2. The molecule has 2 aliphatic carbocycles. The number of amides is 2. The van der Waals surface area contributed by atoms with Crippen molar-refractivity contribution >= 4 is 17.6 Å². The van der Waals surface area contributed by atoms with E-state index in [1.807, 2.05) is 0 Å². The smallest absolute Gasteiger partial charge is 0.317 e. The predicted octanol–water partition coefficient (Wildman–Crippen LogP) is 6.76. The minimum Gasteiger partial charge on any atom is -0.334 e. The molecule has 0 radical (unpaired) electrons. The van der Waals surface area contributed by atoms with Crippen LogP contribution in [0, 0.1) is 46.0 Å². The predicted molar refractivity (Wildman–Crippen MR) is 194 cm³/mol. The molecule has 2 aromatic carbocycles. The fourth-order valence-electron chi connectivity index (χ4n) is 7.99. The van der Waals surface area contributed by atoms with E-state index in [0.29, 0.717) is 62.9 Å². The van der Waals surface area contributed by atoms with E-state index in [0.717, 1.165) is 49.7 Å². The monoisotopic (exact) mass is 780 g/mol. The first kappa shape index (κ1) is 40.5. The van der Waals surface area contributed by atoms with Crippen LogP contribution in [-0.2, 0) is 25.9 Å². The van der Waals surface area contributed by atoms with E-state index in [-0.39, 0.29) is 52.7 Å². The number of hydrogen-bond donors (Lipinski definition) is 3. The van der Waals surface area contributed by atoms with Crippen LogP contribution < -0.4 is 16.4 Å². The van der Waals surface area contributed by atoms with Crippen LogP contribution >= 0.6 is 0 Å². The molecule has 0 unspecified atom stereocenters. The molecule has 296 valence electrons. The molecule has 0 saturated carbocycles. The first-order chi connectivity index (χ1) is 26.8. The Balaban J connectivity index is 0.000000166. The average molecular weight is 781 g/mol. The standard InChI is InChI=1S/C21H20F3N3O2.C14H15F2NO.C6H7FN2/c22-14-7-15-16(17(23)8-14)9-21(10-18(15)28)3-5-27(6-4-21)20(29)26-12-13-1-2-19(24)25-11-13;15-9-5-10-11(12(16)6-9)7-14(8-13(10)18)1-3-17-4-2-14;7-6-2-1-5(3-8)4-9-6/h1-2,7-8,11H,3-6,9-10,12H2,(H,26,29);5-6,17H,1-4,7-8H2;1-2,4H,3,8H2. The summed E-state index contributed by atoms with van der Waals surface area (Å²) in [5, 5.41) is 6.03. The highest BCUT2D eigenvalue weighted by Gasteiger charge is 2.43. The number of urea groups is 1. The summed E-state index contributed by atoms with van der Waals surface area (Å²) >= 11 is 0. The van der Waals surface area contributed by atoms with Crippen LogP contribution in [0.5, 0.6) is 0 Å². The maximum absolute atomic E-state index is 14.2. The van der Waals surface area contributed by atoms with Crippen LogP contribution in [-0.4, -0.2) is 58.6 Å². The third kappa shape index (κ3) is 9.62. The van der Waals surface area contributed by atoms with Crippen molar-refractivity contribution in [3.8, 4) is 0 Å². The molecule has 4 aromatic rings. The van der Waals surface area contributed by atoms with Crippen LogP contribution in [0.25, 0.3) is 0 Å². The first-order valence-electron chi connectivity index (χ1n) is 18.4. The van der Waals surface area contributed by atoms with Crippen molar-refractivity contribution in [1.29, 1.82) is 0 Å². The van der Waals surface area contributed by atoms with E-state index < -0.39 is 40.6 Å². The van der Waals surface area contributed by atoms with Gasteiger partial charge < -0.3 is 21.3 Å². The van der Waals surface area contributed by atoms with E-state index >= 15 is 0 Å². The molecule has 4 N–H and O–H groups in total. The van der Waals surface area contributed by atoms with Gasteiger partial charge in [-0.1, -0.05) is 12.1 Å². The van der Waals surface area contributed by atoms with Gasteiger partial charge in [-0.2, -0.15) is 8.78 Å². The number of nitrogens with two attached hydrogens (primary N) is 1. The van der Waals surface area contributed by atoms with Crippen molar-refractivity contribution in [3.05, 3.63) is 129 Å². The minimum atomic E-state index is -0.742. The number of aromatic nitrogens is 2. The molecule has 2 aliphatic heterocycles. The van der Waals surface area contributed by atoms with E-state index in [2.05, 4.69) is 20.6 Å². The topological polar surface area (TPSA) is 130 Å². The Hall–Kier alpha value is -5.15. The number of carbonyl (C=O) groups excluding carboxylic acids is 3. The fraction of sp³-hybridized carbons (Fsp3) is 0.390. The Kier molecular flexibility index (Phi) is 12.5. The van der Waals surface area contributed by atoms with Gasteiger partial charge in [0.1, 0.15) is 23.3 Å². The summed E-state index contributed by atoms with van der Waals surface area (Å²) < 4.78 is 79.6. The molecule has 2 amide bonds. The molecule has 8 rings (SSSR count). The van der Waals surface area contributed by atoms with Crippen molar-refractivity contribution in [3.63, 3.8) is 0 Å². The quantitative estimate of drug-likeness (QED) is 0.155. The molecule has 2 spiro atoms. The Morgan fingerprint density at radius 1 is 0.696 bits per heavy atom. The highest BCUT2D eigenvalue weighted by molar-refractivity contribution is 5.99. The van der Waals surface area contributed by atoms with Gasteiger partial charge in [-0.25, -0.2) is 32.3 Å². The average Bonchev–Trinajstić information content (AvgIpc) is 3.17. The molecule has 2 fully saturated rings. The molecule has 9 nitrogen and oxygen atoms in total. The van der Waals surface area contributed by atoms with Crippen molar-refractivity contribution in [1.82, 2.24) is 25.5 Å². The highest BCUT2D eigenvalue weighted by Crippen LogP contribution is 2.45. The van der Waals surface area contributed by atoms with Gasteiger partial charge in [0.2, 0.25) is 11.9 Å². The van der Waals surface area contributed by atoms with Crippen molar-refractivity contribution in [2.45, 2.75) is 64.5 Å². The number of halogens is 6. The number of hydrogen-bond acceptors (Lipinski definition) is 7. The number of benzene rings is 2. The number of Topliss-reactive ketones (excluding diaryl/α,β-unsaturated/α-hetero) is 2. The van der Waals surface area contributed by atoms with E-state index in [1.54, 1.807) is 17.0 Å². The van der Waals surface area contributed by atoms with Gasteiger partial charge in [-0.15, -0.1) is 0 Å². The third-order valence-electron chi connectivity index (χ3n) is 11.1. The van der Waals surface area contributed by atoms with Gasteiger partial charge in [-0.05, 0) is 109 Å². The minimum absolute atomic E-state index is 0.114. The fourth-order valence-corrected chi connectivity index (χ4v) is 7.99. The Bertz CT molecular complexity index is 2070. The lowest BCUT2D eigenvalue weighted by Crippen LogP contribution is -2.49. The number of nitrogens with zero attached hydrogens (tertiary/aromatic N) is 3. The number of piperidine rings is 2. The van der Waals surface area contributed by atoms with E-state index in [9.17, 15) is 40.7 Å². The SMILES string of the molecule is NCc1ccc(F)nc1.O=C1CC2(CCN(C(=O)NCc3ccc(F)nc3)CC2)Cc2c(F)cc(F)cc21.O=C1CC2(CCNCC2)Cc2c(F)cc(F)cc21. The number of rotatable bonds is 3. The number of ketones is 2. The number of likely N-dealkylation sites (tertiary alicyclic amines) is 1. The largest absolute Gasteiger partial charge is 0.334 e. The molecule has 2 aromatic heterocycles. The lowest BCUT2D eigenvalue weighted by Gasteiger charge is -2.44. The molecule has 0 bridgehead atoms. The molecular weight excluding hydrogens is 738 g/mol. The van der Waals surface area contributed by atoms with E-state index in [1.165, 1.54) is 30.6 Å². The third-order valence-corrected chi connectivity index (χ3v) is 11.1. The van der Waals surface area contributed by atoms with Crippen LogP contribution in [0.4, 0.5) is 31.1 Å². The Morgan fingerprint density at radius 3 is 1.64 bits per heavy atom. The Morgan fingerprint density at radius 2 is 1.18 bits per heavy atom. The molecule has 0 atom stereocenters. The molecule has 56 heavy (non-hydrogen) atoms. The number of carbonyl (C=O) groups is 3. The van der Waals surface area contributed by atoms with Crippen LogP contribution in [0.1, 0.15) is 81.5 Å². The maximum Gasteiger partial charge on any atom is 0.317 e. The van der Waals surface area contributed by atoms with E-state index in [4.69, 9.17) is 5.73 Å². The molecule has 15 heteroatoms. The zero-order valence-corrected chi connectivity index (χ0v) is 30.6. The summed E-state index contributed by atoms with van der Waals surface area (Å²) in [7, 11) is 0. The molecule has 2 saturated heterocycles.